The molecule has 0 spiro atoms. The van der Waals surface area contributed by atoms with Crippen molar-refractivity contribution in [3.63, 3.8) is 0 Å². The predicted molar refractivity (Wildman–Crippen MR) is 85.5 cm³/mol. The fourth-order valence-electron chi connectivity index (χ4n) is 2.94. The largest absolute Gasteiger partial charge is 0.314 e. The monoisotopic (exact) mass is 304 g/mol. The number of hydrogen-bond acceptors (Lipinski definition) is 3. The molecule has 0 radical (unpaired) electrons. The summed E-state index contributed by atoms with van der Waals surface area (Å²) < 4.78 is 1.86. The van der Waals surface area contributed by atoms with E-state index in [1.807, 2.05) is 30.1 Å². The van der Waals surface area contributed by atoms with Crippen LogP contribution in [-0.4, -0.2) is 40.9 Å². The highest BCUT2D eigenvalue weighted by Crippen LogP contribution is 2.28. The molecule has 3 rings (SSSR count). The number of piperazine rings is 1. The first-order valence-electron chi connectivity index (χ1n) is 7.41. The molecule has 1 aromatic heterocycles. The van der Waals surface area contributed by atoms with Gasteiger partial charge in [0.2, 0.25) is 0 Å². The molecular formula is C16H21ClN4. The Bertz CT molecular complexity index is 595. The fraction of sp³-hybridized carbons (Fsp3) is 0.438. The molecule has 2 aromatic rings. The van der Waals surface area contributed by atoms with Gasteiger partial charge in [0.1, 0.15) is 0 Å². The predicted octanol–water partition coefficient (Wildman–Crippen LogP) is 2.26. The van der Waals surface area contributed by atoms with Crippen LogP contribution in [-0.2, 0) is 13.5 Å². The van der Waals surface area contributed by atoms with Crippen molar-refractivity contribution in [3.05, 3.63) is 52.8 Å². The van der Waals surface area contributed by atoms with Crippen LogP contribution in [0.25, 0.3) is 0 Å². The van der Waals surface area contributed by atoms with Gasteiger partial charge in [0.15, 0.2) is 0 Å². The Kier molecular flexibility index (Phi) is 4.58. The second kappa shape index (κ2) is 6.60. The molecule has 0 saturated carbocycles. The SMILES string of the molecule is Cn1cc(CCN2CCNCC2c2ccccc2Cl)cn1. The van der Waals surface area contributed by atoms with Crippen molar-refractivity contribution in [2.24, 2.45) is 7.05 Å². The van der Waals surface area contributed by atoms with Crippen LogP contribution in [0.2, 0.25) is 5.02 Å². The maximum atomic E-state index is 6.38. The fourth-order valence-corrected chi connectivity index (χ4v) is 3.20. The first kappa shape index (κ1) is 14.6. The van der Waals surface area contributed by atoms with E-state index in [0.717, 1.165) is 37.6 Å². The molecule has 1 aromatic carbocycles. The lowest BCUT2D eigenvalue weighted by Gasteiger charge is -2.36. The first-order valence-corrected chi connectivity index (χ1v) is 7.78. The topological polar surface area (TPSA) is 33.1 Å². The van der Waals surface area contributed by atoms with Crippen LogP contribution in [0.1, 0.15) is 17.2 Å². The lowest BCUT2D eigenvalue weighted by Crippen LogP contribution is -2.46. The van der Waals surface area contributed by atoms with Crippen LogP contribution >= 0.6 is 11.6 Å². The van der Waals surface area contributed by atoms with Gasteiger partial charge in [0.05, 0.1) is 6.20 Å². The van der Waals surface area contributed by atoms with Crippen molar-refractivity contribution < 1.29 is 0 Å². The van der Waals surface area contributed by atoms with E-state index < -0.39 is 0 Å². The Morgan fingerprint density at radius 2 is 2.24 bits per heavy atom. The number of benzene rings is 1. The average Bonchev–Trinajstić information content (AvgIpc) is 2.92. The molecule has 1 aliphatic rings. The van der Waals surface area contributed by atoms with Crippen molar-refractivity contribution in [1.82, 2.24) is 20.0 Å². The summed E-state index contributed by atoms with van der Waals surface area (Å²) in [6.07, 6.45) is 5.06. The van der Waals surface area contributed by atoms with Crippen molar-refractivity contribution in [2.75, 3.05) is 26.2 Å². The number of aryl methyl sites for hydroxylation is 1. The molecule has 21 heavy (non-hydrogen) atoms. The van der Waals surface area contributed by atoms with Gasteiger partial charge in [0.25, 0.3) is 0 Å². The normalized spacial score (nSPS) is 19.8. The van der Waals surface area contributed by atoms with Gasteiger partial charge >= 0.3 is 0 Å². The molecule has 1 atom stereocenters. The van der Waals surface area contributed by atoms with Crippen LogP contribution in [0.5, 0.6) is 0 Å². The van der Waals surface area contributed by atoms with E-state index >= 15 is 0 Å². The lowest BCUT2D eigenvalue weighted by atomic mass is 10.0. The number of halogens is 1. The van der Waals surface area contributed by atoms with Gasteiger partial charge in [-0.05, 0) is 23.6 Å². The van der Waals surface area contributed by atoms with Crippen LogP contribution in [0.4, 0.5) is 0 Å². The summed E-state index contributed by atoms with van der Waals surface area (Å²) in [6, 6.07) is 8.52. The molecule has 1 saturated heterocycles. The van der Waals surface area contributed by atoms with E-state index in [0.29, 0.717) is 6.04 Å². The number of aromatic nitrogens is 2. The summed E-state index contributed by atoms with van der Waals surface area (Å²) in [4.78, 5) is 2.52. The van der Waals surface area contributed by atoms with Crippen molar-refractivity contribution in [1.29, 1.82) is 0 Å². The molecule has 5 heteroatoms. The van der Waals surface area contributed by atoms with Gasteiger partial charge in [-0.3, -0.25) is 9.58 Å². The standard InChI is InChI=1S/C16H21ClN4/c1-20-12-13(10-19-20)6-8-21-9-7-18-11-16(21)14-4-2-3-5-15(14)17/h2-5,10,12,16,18H,6-9,11H2,1H3. The molecule has 4 nitrogen and oxygen atoms in total. The van der Waals surface area contributed by atoms with E-state index in [4.69, 9.17) is 11.6 Å². The van der Waals surface area contributed by atoms with E-state index in [2.05, 4.69) is 33.6 Å². The minimum absolute atomic E-state index is 0.351. The second-order valence-corrected chi connectivity index (χ2v) is 5.96. The minimum atomic E-state index is 0.351. The minimum Gasteiger partial charge on any atom is -0.314 e. The van der Waals surface area contributed by atoms with Gasteiger partial charge in [-0.1, -0.05) is 29.8 Å². The molecule has 0 aliphatic carbocycles. The van der Waals surface area contributed by atoms with E-state index in [1.54, 1.807) is 0 Å². The molecule has 0 bridgehead atoms. The van der Waals surface area contributed by atoms with E-state index in [1.165, 1.54) is 11.1 Å². The summed E-state index contributed by atoms with van der Waals surface area (Å²) in [7, 11) is 1.96. The van der Waals surface area contributed by atoms with Crippen LogP contribution in [0.3, 0.4) is 0 Å². The van der Waals surface area contributed by atoms with Crippen molar-refractivity contribution in [3.8, 4) is 0 Å². The Morgan fingerprint density at radius 3 is 3.00 bits per heavy atom. The van der Waals surface area contributed by atoms with Crippen molar-refractivity contribution >= 4 is 11.6 Å². The average molecular weight is 305 g/mol. The van der Waals surface area contributed by atoms with Crippen LogP contribution in [0, 0.1) is 0 Å². The highest BCUT2D eigenvalue weighted by molar-refractivity contribution is 6.31. The molecule has 1 fully saturated rings. The van der Waals surface area contributed by atoms with Crippen LogP contribution < -0.4 is 5.32 Å². The Labute approximate surface area is 130 Å². The molecule has 1 unspecified atom stereocenters. The summed E-state index contributed by atoms with van der Waals surface area (Å²) in [5, 5.41) is 8.57. The Hall–Kier alpha value is -1.36. The third-order valence-electron chi connectivity index (χ3n) is 4.06. The summed E-state index contributed by atoms with van der Waals surface area (Å²) in [5.41, 5.74) is 2.51. The van der Waals surface area contributed by atoms with Gasteiger partial charge in [-0.2, -0.15) is 5.10 Å². The Balaban J connectivity index is 1.71. The first-order chi connectivity index (χ1) is 10.2. The summed E-state index contributed by atoms with van der Waals surface area (Å²) in [5.74, 6) is 0. The molecule has 1 aliphatic heterocycles. The second-order valence-electron chi connectivity index (χ2n) is 5.55. The summed E-state index contributed by atoms with van der Waals surface area (Å²) >= 11 is 6.38. The van der Waals surface area contributed by atoms with Crippen molar-refractivity contribution in [2.45, 2.75) is 12.5 Å². The zero-order chi connectivity index (χ0) is 14.7. The van der Waals surface area contributed by atoms with E-state index in [-0.39, 0.29) is 0 Å². The van der Waals surface area contributed by atoms with Gasteiger partial charge in [-0.25, -0.2) is 0 Å². The zero-order valence-electron chi connectivity index (χ0n) is 12.3. The third kappa shape index (κ3) is 3.46. The maximum Gasteiger partial charge on any atom is 0.0522 e. The molecule has 2 heterocycles. The number of nitrogens with zero attached hydrogens (tertiary/aromatic N) is 3. The third-order valence-corrected chi connectivity index (χ3v) is 4.41. The highest BCUT2D eigenvalue weighted by Gasteiger charge is 2.24. The quantitative estimate of drug-likeness (QED) is 0.940. The molecular weight excluding hydrogens is 284 g/mol. The summed E-state index contributed by atoms with van der Waals surface area (Å²) in [6.45, 7) is 4.07. The number of nitrogens with one attached hydrogen (secondary N) is 1. The molecule has 0 amide bonds. The number of hydrogen-bond donors (Lipinski definition) is 1. The van der Waals surface area contributed by atoms with Gasteiger partial charge in [0, 0.05) is 50.5 Å². The maximum absolute atomic E-state index is 6.38. The number of rotatable bonds is 4. The smallest absolute Gasteiger partial charge is 0.0522 e. The van der Waals surface area contributed by atoms with Gasteiger partial charge < -0.3 is 5.32 Å². The Morgan fingerprint density at radius 1 is 1.38 bits per heavy atom. The molecule has 112 valence electrons. The molecule has 1 N–H and O–H groups in total. The lowest BCUT2D eigenvalue weighted by molar-refractivity contribution is 0.164. The van der Waals surface area contributed by atoms with Gasteiger partial charge in [-0.15, -0.1) is 0 Å². The zero-order valence-corrected chi connectivity index (χ0v) is 13.1. The highest BCUT2D eigenvalue weighted by atomic mass is 35.5. The van der Waals surface area contributed by atoms with Crippen LogP contribution in [0.15, 0.2) is 36.7 Å². The van der Waals surface area contributed by atoms with E-state index in [9.17, 15) is 0 Å².